The second kappa shape index (κ2) is 4.87. The van der Waals surface area contributed by atoms with Crippen molar-refractivity contribution in [2.75, 3.05) is 25.1 Å². The number of aromatic nitrogens is 1. The molecule has 1 saturated heterocycles. The fourth-order valence-corrected chi connectivity index (χ4v) is 1.84. The number of hydrogen-bond acceptors (Lipinski definition) is 6. The van der Waals surface area contributed by atoms with Gasteiger partial charge in [-0.2, -0.15) is 0 Å². The third-order valence-electron chi connectivity index (χ3n) is 2.94. The first-order valence-corrected chi connectivity index (χ1v) is 5.66. The summed E-state index contributed by atoms with van der Waals surface area (Å²) in [6, 6.07) is 2.93. The Hall–Kier alpha value is -1.73. The van der Waals surface area contributed by atoms with Crippen molar-refractivity contribution in [2.24, 2.45) is 0 Å². The van der Waals surface area contributed by atoms with Gasteiger partial charge in [0.1, 0.15) is 17.1 Å². The Balaban J connectivity index is 2.02. The number of anilines is 1. The van der Waals surface area contributed by atoms with Crippen LogP contribution in [0.25, 0.3) is 0 Å². The van der Waals surface area contributed by atoms with Crippen LogP contribution in [0.2, 0.25) is 0 Å². The molecule has 98 valence electrons. The quantitative estimate of drug-likeness (QED) is 0.610. The summed E-state index contributed by atoms with van der Waals surface area (Å²) in [7, 11) is 0. The van der Waals surface area contributed by atoms with Gasteiger partial charge in [-0.3, -0.25) is 10.1 Å². The van der Waals surface area contributed by atoms with Gasteiger partial charge >= 0.3 is 0 Å². The normalized spacial score (nSPS) is 23.0. The van der Waals surface area contributed by atoms with Gasteiger partial charge in [-0.05, 0) is 13.0 Å². The Morgan fingerprint density at radius 3 is 3.00 bits per heavy atom. The number of aryl methyl sites for hydroxylation is 1. The van der Waals surface area contributed by atoms with Crippen molar-refractivity contribution in [1.29, 1.82) is 0 Å². The molecule has 1 fully saturated rings. The molecule has 2 N–H and O–H groups in total. The molecule has 0 saturated carbocycles. The van der Waals surface area contributed by atoms with Crippen LogP contribution < -0.4 is 5.32 Å². The van der Waals surface area contributed by atoms with E-state index in [9.17, 15) is 15.2 Å². The van der Waals surface area contributed by atoms with E-state index in [0.29, 0.717) is 37.7 Å². The summed E-state index contributed by atoms with van der Waals surface area (Å²) in [6.45, 7) is 2.74. The Morgan fingerprint density at radius 1 is 1.67 bits per heavy atom. The third kappa shape index (κ3) is 2.74. The van der Waals surface area contributed by atoms with E-state index >= 15 is 0 Å². The maximum Gasteiger partial charge on any atom is 0.290 e. The lowest BCUT2D eigenvalue weighted by Gasteiger charge is -2.20. The fraction of sp³-hybridized carbons (Fsp3) is 0.545. The molecule has 0 aliphatic carbocycles. The Bertz CT molecular complexity index is 458. The van der Waals surface area contributed by atoms with Gasteiger partial charge in [0.2, 0.25) is 0 Å². The molecule has 1 aromatic heterocycles. The maximum absolute atomic E-state index is 10.6. The van der Waals surface area contributed by atoms with E-state index in [1.54, 1.807) is 6.92 Å². The first-order valence-electron chi connectivity index (χ1n) is 5.66. The lowest BCUT2D eigenvalue weighted by molar-refractivity contribution is -0.385. The van der Waals surface area contributed by atoms with E-state index in [2.05, 4.69) is 10.3 Å². The molecule has 0 spiro atoms. The predicted octanol–water partition coefficient (Wildman–Crippen LogP) is 0.862. The van der Waals surface area contributed by atoms with Gasteiger partial charge in [0.05, 0.1) is 11.5 Å². The number of aliphatic hydroxyl groups is 1. The Kier molecular flexibility index (Phi) is 3.44. The zero-order valence-corrected chi connectivity index (χ0v) is 10.0. The van der Waals surface area contributed by atoms with Crippen molar-refractivity contribution < 1.29 is 14.8 Å². The molecule has 1 aliphatic heterocycles. The molecule has 0 aromatic carbocycles. The van der Waals surface area contributed by atoms with E-state index in [1.807, 2.05) is 0 Å². The van der Waals surface area contributed by atoms with Crippen molar-refractivity contribution in [3.8, 4) is 0 Å². The minimum absolute atomic E-state index is 0.0107. The highest BCUT2D eigenvalue weighted by molar-refractivity contribution is 5.45. The number of hydrogen-bond donors (Lipinski definition) is 2. The molecule has 18 heavy (non-hydrogen) atoms. The standard InChI is InChI=1S/C11H15N3O4/c1-8-9(14(16)17)2-3-10(13-8)12-6-11(15)4-5-18-7-11/h2-3,15H,4-7H2,1H3,(H,12,13). The highest BCUT2D eigenvalue weighted by atomic mass is 16.6. The minimum atomic E-state index is -0.878. The van der Waals surface area contributed by atoms with Crippen LogP contribution in [-0.4, -0.2) is 40.4 Å². The van der Waals surface area contributed by atoms with Crippen molar-refractivity contribution >= 4 is 11.5 Å². The lowest BCUT2D eigenvalue weighted by Crippen LogP contribution is -2.37. The summed E-state index contributed by atoms with van der Waals surface area (Å²) in [5.41, 5.74) is -0.541. The number of nitrogens with zero attached hydrogens (tertiary/aromatic N) is 2. The number of nitro groups is 1. The average molecular weight is 253 g/mol. The molecule has 0 radical (unpaired) electrons. The van der Waals surface area contributed by atoms with E-state index < -0.39 is 10.5 Å². The highest BCUT2D eigenvalue weighted by Crippen LogP contribution is 2.21. The SMILES string of the molecule is Cc1nc(NCC2(O)CCOC2)ccc1[N+](=O)[O-]. The van der Waals surface area contributed by atoms with Gasteiger partial charge in [0.25, 0.3) is 5.69 Å². The van der Waals surface area contributed by atoms with Crippen LogP contribution in [0.1, 0.15) is 12.1 Å². The summed E-state index contributed by atoms with van der Waals surface area (Å²) in [5.74, 6) is 0.512. The maximum atomic E-state index is 10.6. The monoisotopic (exact) mass is 253 g/mol. The van der Waals surface area contributed by atoms with Gasteiger partial charge in [-0.25, -0.2) is 4.98 Å². The first-order chi connectivity index (χ1) is 8.50. The second-order valence-corrected chi connectivity index (χ2v) is 4.44. The molecule has 7 heteroatoms. The van der Waals surface area contributed by atoms with Crippen LogP contribution in [0.3, 0.4) is 0 Å². The summed E-state index contributed by atoms with van der Waals surface area (Å²) in [4.78, 5) is 14.3. The molecular weight excluding hydrogens is 238 g/mol. The van der Waals surface area contributed by atoms with Gasteiger partial charge in [-0.15, -0.1) is 0 Å². The van der Waals surface area contributed by atoms with Gasteiger partial charge < -0.3 is 15.2 Å². The lowest BCUT2D eigenvalue weighted by atomic mass is 10.0. The van der Waals surface area contributed by atoms with Crippen LogP contribution in [0, 0.1) is 17.0 Å². The number of rotatable bonds is 4. The smallest absolute Gasteiger partial charge is 0.290 e. The molecule has 1 aromatic rings. The Morgan fingerprint density at radius 2 is 2.44 bits per heavy atom. The molecule has 1 aliphatic rings. The van der Waals surface area contributed by atoms with Crippen molar-refractivity contribution in [3.63, 3.8) is 0 Å². The van der Waals surface area contributed by atoms with Crippen molar-refractivity contribution in [3.05, 3.63) is 27.9 Å². The number of nitrogens with one attached hydrogen (secondary N) is 1. The summed E-state index contributed by atoms with van der Waals surface area (Å²) in [6.07, 6.45) is 0.575. The molecule has 2 heterocycles. The van der Waals surface area contributed by atoms with Crippen LogP contribution in [0.5, 0.6) is 0 Å². The molecule has 7 nitrogen and oxygen atoms in total. The van der Waals surface area contributed by atoms with Gasteiger partial charge in [0, 0.05) is 25.6 Å². The molecule has 2 rings (SSSR count). The van der Waals surface area contributed by atoms with E-state index in [1.165, 1.54) is 12.1 Å². The first kappa shape index (κ1) is 12.7. The third-order valence-corrected chi connectivity index (χ3v) is 2.94. The summed E-state index contributed by atoms with van der Waals surface area (Å²) < 4.78 is 5.12. The van der Waals surface area contributed by atoms with Crippen LogP contribution >= 0.6 is 0 Å². The average Bonchev–Trinajstić information content (AvgIpc) is 2.74. The summed E-state index contributed by atoms with van der Waals surface area (Å²) in [5, 5.41) is 23.7. The largest absolute Gasteiger partial charge is 0.386 e. The minimum Gasteiger partial charge on any atom is -0.386 e. The second-order valence-electron chi connectivity index (χ2n) is 4.44. The molecule has 1 atom stereocenters. The molecule has 0 amide bonds. The molecular formula is C11H15N3O4. The van der Waals surface area contributed by atoms with Crippen LogP contribution in [0.4, 0.5) is 11.5 Å². The van der Waals surface area contributed by atoms with Crippen molar-refractivity contribution in [2.45, 2.75) is 18.9 Å². The fourth-order valence-electron chi connectivity index (χ4n) is 1.84. The van der Waals surface area contributed by atoms with Gasteiger partial charge in [0.15, 0.2) is 0 Å². The number of pyridine rings is 1. The molecule has 1 unspecified atom stereocenters. The van der Waals surface area contributed by atoms with E-state index in [-0.39, 0.29) is 5.69 Å². The Labute approximate surface area is 104 Å². The topological polar surface area (TPSA) is 97.5 Å². The van der Waals surface area contributed by atoms with Crippen LogP contribution in [0.15, 0.2) is 12.1 Å². The predicted molar refractivity (Wildman–Crippen MR) is 64.5 cm³/mol. The summed E-state index contributed by atoms with van der Waals surface area (Å²) >= 11 is 0. The zero-order valence-electron chi connectivity index (χ0n) is 10.0. The number of ether oxygens (including phenoxy) is 1. The van der Waals surface area contributed by atoms with E-state index in [4.69, 9.17) is 4.74 Å². The van der Waals surface area contributed by atoms with Crippen molar-refractivity contribution in [1.82, 2.24) is 4.98 Å². The van der Waals surface area contributed by atoms with Crippen LogP contribution in [-0.2, 0) is 4.74 Å². The van der Waals surface area contributed by atoms with Gasteiger partial charge in [-0.1, -0.05) is 0 Å². The zero-order chi connectivity index (χ0) is 13.2. The van der Waals surface area contributed by atoms with E-state index in [0.717, 1.165) is 0 Å². The molecule has 0 bridgehead atoms. The highest BCUT2D eigenvalue weighted by Gasteiger charge is 2.32.